The van der Waals surface area contributed by atoms with E-state index in [4.69, 9.17) is 0 Å². The smallest absolute Gasteiger partial charge is 0.219 e. The number of rotatable bonds is 6. The lowest BCUT2D eigenvalue weighted by atomic mass is 9.97. The van der Waals surface area contributed by atoms with Gasteiger partial charge in [-0.15, -0.1) is 0 Å². The van der Waals surface area contributed by atoms with Gasteiger partial charge in [-0.3, -0.25) is 4.79 Å². The molecule has 4 heteroatoms. The first kappa shape index (κ1) is 13.5. The van der Waals surface area contributed by atoms with E-state index >= 15 is 0 Å². The van der Waals surface area contributed by atoms with Gasteiger partial charge in [-0.05, 0) is 58.4 Å². The van der Waals surface area contributed by atoms with Crippen LogP contribution in [0.4, 0.5) is 0 Å². The predicted molar refractivity (Wildman–Crippen MR) is 66.4 cm³/mol. The lowest BCUT2D eigenvalue weighted by Crippen LogP contribution is -2.37. The van der Waals surface area contributed by atoms with E-state index < -0.39 is 0 Å². The predicted octanol–water partition coefficient (Wildman–Crippen LogP) is 0.444. The first-order valence-electron chi connectivity index (χ1n) is 6.33. The summed E-state index contributed by atoms with van der Waals surface area (Å²) in [5.41, 5.74) is 0. The van der Waals surface area contributed by atoms with E-state index in [-0.39, 0.29) is 5.91 Å². The number of amides is 1. The molecule has 0 saturated carbocycles. The summed E-state index contributed by atoms with van der Waals surface area (Å²) in [5, 5.41) is 5.91. The van der Waals surface area contributed by atoms with Crippen LogP contribution in [0.2, 0.25) is 0 Å². The Morgan fingerprint density at radius 1 is 1.31 bits per heavy atom. The van der Waals surface area contributed by atoms with E-state index in [1.807, 2.05) is 7.05 Å². The van der Waals surface area contributed by atoms with Crippen LogP contribution >= 0.6 is 0 Å². The van der Waals surface area contributed by atoms with Crippen LogP contribution in [0, 0.1) is 5.92 Å². The Balaban J connectivity index is 2.06. The quantitative estimate of drug-likeness (QED) is 0.692. The third-order valence-electron chi connectivity index (χ3n) is 3.36. The molecule has 0 aromatic heterocycles. The lowest BCUT2D eigenvalue weighted by molar-refractivity contribution is -0.120. The maximum atomic E-state index is 11.1. The average Bonchev–Trinajstić information content (AvgIpc) is 2.31. The zero-order valence-electron chi connectivity index (χ0n) is 10.6. The molecule has 2 N–H and O–H groups in total. The topological polar surface area (TPSA) is 44.4 Å². The maximum absolute atomic E-state index is 11.1. The second-order valence-corrected chi connectivity index (χ2v) is 4.62. The molecule has 0 spiro atoms. The van der Waals surface area contributed by atoms with Crippen LogP contribution < -0.4 is 10.6 Å². The number of hydrogen-bond donors (Lipinski definition) is 2. The van der Waals surface area contributed by atoms with Gasteiger partial charge in [0.25, 0.3) is 0 Å². The van der Waals surface area contributed by atoms with Crippen molar-refractivity contribution < 1.29 is 4.79 Å². The molecule has 0 radical (unpaired) electrons. The average molecular weight is 227 g/mol. The van der Waals surface area contributed by atoms with Crippen LogP contribution in [0.25, 0.3) is 0 Å². The molecule has 0 bridgehead atoms. The maximum Gasteiger partial charge on any atom is 0.219 e. The van der Waals surface area contributed by atoms with Crippen molar-refractivity contribution in [3.63, 3.8) is 0 Å². The number of nitrogens with one attached hydrogen (secondary N) is 2. The van der Waals surface area contributed by atoms with Crippen molar-refractivity contribution in [3.05, 3.63) is 0 Å². The number of carbonyl (C=O) groups is 1. The van der Waals surface area contributed by atoms with Crippen molar-refractivity contribution in [2.45, 2.75) is 25.7 Å². The van der Waals surface area contributed by atoms with Crippen LogP contribution in [-0.4, -0.2) is 51.1 Å². The minimum absolute atomic E-state index is 0.157. The first-order valence-corrected chi connectivity index (χ1v) is 6.33. The van der Waals surface area contributed by atoms with Crippen LogP contribution in [0.1, 0.15) is 25.7 Å². The van der Waals surface area contributed by atoms with E-state index in [0.717, 1.165) is 25.4 Å². The van der Waals surface area contributed by atoms with Crippen molar-refractivity contribution in [1.29, 1.82) is 0 Å². The fraction of sp³-hybridized carbons (Fsp3) is 0.917. The standard InChI is InChI=1S/C12H25N3O/c1-13-10-11-5-8-15(9-6-11)7-3-4-12(16)14-2/h11,13H,3-10H2,1-2H3,(H,14,16). The normalized spacial score (nSPS) is 18.6. The zero-order chi connectivity index (χ0) is 11.8. The molecule has 0 aliphatic carbocycles. The van der Waals surface area contributed by atoms with Crippen molar-refractivity contribution in [2.24, 2.45) is 5.92 Å². The third-order valence-corrected chi connectivity index (χ3v) is 3.36. The Kier molecular flexibility index (Phi) is 6.42. The second kappa shape index (κ2) is 7.63. The van der Waals surface area contributed by atoms with Gasteiger partial charge in [-0.2, -0.15) is 0 Å². The Morgan fingerprint density at radius 2 is 2.00 bits per heavy atom. The Bertz CT molecular complexity index is 200. The van der Waals surface area contributed by atoms with Crippen molar-refractivity contribution in [1.82, 2.24) is 15.5 Å². The number of likely N-dealkylation sites (tertiary alicyclic amines) is 1. The minimum Gasteiger partial charge on any atom is -0.359 e. The van der Waals surface area contributed by atoms with Crippen LogP contribution in [0.15, 0.2) is 0 Å². The molecular formula is C12H25N3O. The van der Waals surface area contributed by atoms with Gasteiger partial charge in [0.15, 0.2) is 0 Å². The van der Waals surface area contributed by atoms with Gasteiger partial charge in [0, 0.05) is 13.5 Å². The van der Waals surface area contributed by atoms with E-state index in [0.29, 0.717) is 6.42 Å². The van der Waals surface area contributed by atoms with Gasteiger partial charge in [-0.1, -0.05) is 0 Å². The van der Waals surface area contributed by atoms with Crippen molar-refractivity contribution in [3.8, 4) is 0 Å². The molecule has 4 nitrogen and oxygen atoms in total. The lowest BCUT2D eigenvalue weighted by Gasteiger charge is -2.31. The molecule has 0 aromatic rings. The molecule has 0 unspecified atom stereocenters. The largest absolute Gasteiger partial charge is 0.359 e. The van der Waals surface area contributed by atoms with Gasteiger partial charge in [0.2, 0.25) is 5.91 Å². The monoisotopic (exact) mass is 227 g/mol. The molecule has 0 atom stereocenters. The molecule has 1 fully saturated rings. The molecule has 1 heterocycles. The molecular weight excluding hydrogens is 202 g/mol. The van der Waals surface area contributed by atoms with E-state index in [2.05, 4.69) is 15.5 Å². The number of nitrogens with zero attached hydrogens (tertiary/aromatic N) is 1. The molecule has 1 saturated heterocycles. The summed E-state index contributed by atoms with van der Waals surface area (Å²) in [5.74, 6) is 1.00. The van der Waals surface area contributed by atoms with E-state index in [9.17, 15) is 4.79 Å². The Hall–Kier alpha value is -0.610. The van der Waals surface area contributed by atoms with E-state index in [1.54, 1.807) is 7.05 Å². The summed E-state index contributed by atoms with van der Waals surface area (Å²) >= 11 is 0. The highest BCUT2D eigenvalue weighted by Crippen LogP contribution is 2.16. The second-order valence-electron chi connectivity index (χ2n) is 4.62. The highest BCUT2D eigenvalue weighted by molar-refractivity contribution is 5.75. The molecule has 1 aliphatic heterocycles. The minimum atomic E-state index is 0.157. The molecule has 0 aromatic carbocycles. The summed E-state index contributed by atoms with van der Waals surface area (Å²) in [6.45, 7) is 4.60. The Morgan fingerprint density at radius 3 is 2.56 bits per heavy atom. The van der Waals surface area contributed by atoms with Gasteiger partial charge in [-0.25, -0.2) is 0 Å². The molecule has 94 valence electrons. The third kappa shape index (κ3) is 4.94. The summed E-state index contributed by atoms with van der Waals surface area (Å²) in [6, 6.07) is 0. The SMILES string of the molecule is CNCC1CCN(CCCC(=O)NC)CC1. The summed E-state index contributed by atoms with van der Waals surface area (Å²) in [4.78, 5) is 13.5. The first-order chi connectivity index (χ1) is 7.76. The van der Waals surface area contributed by atoms with E-state index in [1.165, 1.54) is 25.9 Å². The molecule has 1 amide bonds. The van der Waals surface area contributed by atoms with Gasteiger partial charge in [0.05, 0.1) is 0 Å². The van der Waals surface area contributed by atoms with Gasteiger partial charge in [0.1, 0.15) is 0 Å². The van der Waals surface area contributed by atoms with Gasteiger partial charge < -0.3 is 15.5 Å². The van der Waals surface area contributed by atoms with Crippen molar-refractivity contribution in [2.75, 3.05) is 40.3 Å². The highest BCUT2D eigenvalue weighted by Gasteiger charge is 2.17. The Labute approximate surface area is 98.8 Å². The number of carbonyl (C=O) groups excluding carboxylic acids is 1. The van der Waals surface area contributed by atoms with Gasteiger partial charge >= 0.3 is 0 Å². The zero-order valence-corrected chi connectivity index (χ0v) is 10.6. The fourth-order valence-corrected chi connectivity index (χ4v) is 2.29. The van der Waals surface area contributed by atoms with Crippen LogP contribution in [-0.2, 0) is 4.79 Å². The van der Waals surface area contributed by atoms with Crippen molar-refractivity contribution >= 4 is 5.91 Å². The summed E-state index contributed by atoms with van der Waals surface area (Å²) < 4.78 is 0. The molecule has 1 aliphatic rings. The highest BCUT2D eigenvalue weighted by atomic mass is 16.1. The fourth-order valence-electron chi connectivity index (χ4n) is 2.29. The summed E-state index contributed by atoms with van der Waals surface area (Å²) in [6.07, 6.45) is 4.23. The number of hydrogen-bond acceptors (Lipinski definition) is 3. The molecule has 1 rings (SSSR count). The summed E-state index contributed by atoms with van der Waals surface area (Å²) in [7, 11) is 3.72. The van der Waals surface area contributed by atoms with Crippen LogP contribution in [0.5, 0.6) is 0 Å². The van der Waals surface area contributed by atoms with Crippen LogP contribution in [0.3, 0.4) is 0 Å². The molecule has 16 heavy (non-hydrogen) atoms. The number of piperidine rings is 1.